The van der Waals surface area contributed by atoms with Gasteiger partial charge in [-0.05, 0) is 38.8 Å². The monoisotopic (exact) mass is 373 g/mol. The number of fused-ring (bicyclic) bond motifs is 4. The number of nitrogens with zero attached hydrogens (tertiary/aromatic N) is 3. The average Bonchev–Trinajstić information content (AvgIpc) is 3.15. The number of amides is 2. The van der Waals surface area contributed by atoms with E-state index < -0.39 is 0 Å². The van der Waals surface area contributed by atoms with Gasteiger partial charge >= 0.3 is 0 Å². The third-order valence-electron chi connectivity index (χ3n) is 5.62. The number of aliphatic hydroxyl groups excluding tert-OH is 1. The summed E-state index contributed by atoms with van der Waals surface area (Å²) in [6.07, 6.45) is 1.65. The molecule has 2 atom stereocenters. The number of furan rings is 1. The Morgan fingerprint density at radius 3 is 2.78 bits per heavy atom. The molecule has 2 aromatic rings. The quantitative estimate of drug-likeness (QED) is 0.875. The van der Waals surface area contributed by atoms with E-state index >= 15 is 0 Å². The molecular weight excluding hydrogens is 350 g/mol. The van der Waals surface area contributed by atoms with Crippen molar-refractivity contribution >= 4 is 11.8 Å². The third kappa shape index (κ3) is 3.14. The minimum atomic E-state index is -0.248. The summed E-state index contributed by atoms with van der Waals surface area (Å²) in [5, 5.41) is 13.1. The minimum absolute atomic E-state index is 0.0406. The van der Waals surface area contributed by atoms with Crippen LogP contribution in [0.1, 0.15) is 46.2 Å². The molecule has 0 aliphatic carbocycles. The molecule has 2 bridgehead atoms. The van der Waals surface area contributed by atoms with E-state index in [1.165, 1.54) is 0 Å². The van der Waals surface area contributed by atoms with Crippen LogP contribution in [0.15, 0.2) is 21.1 Å². The molecule has 1 N–H and O–H groups in total. The Morgan fingerprint density at radius 2 is 2.11 bits per heavy atom. The first kappa shape index (κ1) is 17.8. The van der Waals surface area contributed by atoms with Crippen molar-refractivity contribution in [3.63, 3.8) is 0 Å². The van der Waals surface area contributed by atoms with Gasteiger partial charge in [-0.25, -0.2) is 0 Å². The second-order valence-electron chi connectivity index (χ2n) is 7.33. The van der Waals surface area contributed by atoms with Gasteiger partial charge in [0.2, 0.25) is 5.91 Å². The van der Waals surface area contributed by atoms with Gasteiger partial charge in [-0.2, -0.15) is 0 Å². The van der Waals surface area contributed by atoms with E-state index in [4.69, 9.17) is 14.0 Å². The predicted octanol–water partition coefficient (Wildman–Crippen LogP) is 1.64. The van der Waals surface area contributed by atoms with Gasteiger partial charge in [-0.1, -0.05) is 5.16 Å². The number of rotatable bonds is 4. The van der Waals surface area contributed by atoms with Crippen LogP contribution in [0.25, 0.3) is 0 Å². The van der Waals surface area contributed by atoms with Crippen LogP contribution in [0.2, 0.25) is 0 Å². The van der Waals surface area contributed by atoms with Crippen molar-refractivity contribution in [3.8, 4) is 0 Å². The van der Waals surface area contributed by atoms with Crippen molar-refractivity contribution in [2.75, 3.05) is 13.1 Å². The highest BCUT2D eigenvalue weighted by atomic mass is 16.5. The Bertz CT molecular complexity index is 851. The van der Waals surface area contributed by atoms with Gasteiger partial charge in [0.05, 0.1) is 18.2 Å². The fraction of sp³-hybridized carbons (Fsp3) is 0.526. The van der Waals surface area contributed by atoms with E-state index in [-0.39, 0.29) is 36.1 Å². The number of aromatic nitrogens is 1. The number of hydrogen-bond acceptors (Lipinski definition) is 6. The number of carbonyl (C=O) groups is 2. The van der Waals surface area contributed by atoms with Crippen LogP contribution in [0.4, 0.5) is 0 Å². The maximum absolute atomic E-state index is 13.0. The van der Waals surface area contributed by atoms with Gasteiger partial charge in [-0.3, -0.25) is 9.59 Å². The highest BCUT2D eigenvalue weighted by Crippen LogP contribution is 2.32. The smallest absolute Gasteiger partial charge is 0.289 e. The third-order valence-corrected chi connectivity index (χ3v) is 5.62. The van der Waals surface area contributed by atoms with Crippen LogP contribution in [0, 0.1) is 19.8 Å². The van der Waals surface area contributed by atoms with E-state index in [1.807, 2.05) is 18.7 Å². The van der Waals surface area contributed by atoms with Crippen LogP contribution in [0.5, 0.6) is 0 Å². The molecule has 0 unspecified atom stereocenters. The van der Waals surface area contributed by atoms with Crippen molar-refractivity contribution in [1.29, 1.82) is 0 Å². The molecule has 0 aromatic carbocycles. The Kier molecular flexibility index (Phi) is 4.51. The number of carbonyl (C=O) groups excluding carboxylic acids is 2. The van der Waals surface area contributed by atoms with Gasteiger partial charge in [-0.15, -0.1) is 0 Å². The van der Waals surface area contributed by atoms with Gasteiger partial charge < -0.3 is 23.8 Å². The number of aliphatic hydroxyl groups is 1. The fourth-order valence-electron chi connectivity index (χ4n) is 4.05. The molecule has 3 saturated heterocycles. The second kappa shape index (κ2) is 6.84. The lowest BCUT2D eigenvalue weighted by Crippen LogP contribution is -2.47. The first-order valence-electron chi connectivity index (χ1n) is 9.19. The van der Waals surface area contributed by atoms with Gasteiger partial charge in [0.25, 0.3) is 5.91 Å². The van der Waals surface area contributed by atoms with Crippen LogP contribution < -0.4 is 0 Å². The molecule has 3 fully saturated rings. The van der Waals surface area contributed by atoms with E-state index in [0.29, 0.717) is 25.4 Å². The molecule has 2 amide bonds. The van der Waals surface area contributed by atoms with Gasteiger partial charge in [0.15, 0.2) is 5.76 Å². The summed E-state index contributed by atoms with van der Waals surface area (Å²) < 4.78 is 10.6. The molecule has 144 valence electrons. The zero-order chi connectivity index (χ0) is 19.1. The maximum atomic E-state index is 13.0. The highest BCUT2D eigenvalue weighted by molar-refractivity contribution is 5.92. The molecule has 27 heavy (non-hydrogen) atoms. The Morgan fingerprint density at radius 1 is 1.30 bits per heavy atom. The standard InChI is InChI=1S/C19H23N3O5/c1-11-16(12(2)27-20-11)9-22-14-4-3-13(18(22)24)7-21(8-14)19(25)17-6-5-15(10-23)26-17/h5-6,13-14,23H,3-4,7-10H2,1-2H3/t13-,14+/m1/s1. The highest BCUT2D eigenvalue weighted by Gasteiger charge is 2.42. The van der Waals surface area contributed by atoms with Crippen LogP contribution in [-0.4, -0.2) is 51.0 Å². The Hall–Kier alpha value is -2.61. The maximum Gasteiger partial charge on any atom is 0.289 e. The molecule has 5 heterocycles. The zero-order valence-electron chi connectivity index (χ0n) is 15.5. The lowest BCUT2D eigenvalue weighted by Gasteiger charge is -2.35. The van der Waals surface area contributed by atoms with Crippen LogP contribution in [0.3, 0.4) is 0 Å². The summed E-state index contributed by atoms with van der Waals surface area (Å²) in [4.78, 5) is 29.4. The molecule has 2 aromatic heterocycles. The zero-order valence-corrected chi connectivity index (χ0v) is 15.5. The van der Waals surface area contributed by atoms with Gasteiger partial charge in [0, 0.05) is 24.7 Å². The summed E-state index contributed by atoms with van der Waals surface area (Å²) >= 11 is 0. The summed E-state index contributed by atoms with van der Waals surface area (Å²) in [5.74, 6) is 0.911. The second-order valence-corrected chi connectivity index (χ2v) is 7.33. The topological polar surface area (TPSA) is 100 Å². The number of piperidine rings is 1. The Labute approximate surface area is 156 Å². The fourth-order valence-corrected chi connectivity index (χ4v) is 4.05. The molecular formula is C19H23N3O5. The number of hydrogen-bond donors (Lipinski definition) is 1. The molecule has 8 heteroatoms. The minimum Gasteiger partial charge on any atom is -0.453 e. The number of aryl methyl sites for hydroxylation is 2. The first-order chi connectivity index (χ1) is 13.0. The van der Waals surface area contributed by atoms with Crippen LogP contribution in [-0.2, 0) is 17.9 Å². The molecule has 0 spiro atoms. The lowest BCUT2D eigenvalue weighted by molar-refractivity contribution is -0.140. The van der Waals surface area contributed by atoms with Gasteiger partial charge in [0.1, 0.15) is 18.1 Å². The summed E-state index contributed by atoms with van der Waals surface area (Å²) in [5.41, 5.74) is 1.73. The lowest BCUT2D eigenvalue weighted by atomic mass is 9.93. The molecule has 0 saturated carbocycles. The van der Waals surface area contributed by atoms with Crippen molar-refractivity contribution in [2.24, 2.45) is 5.92 Å². The van der Waals surface area contributed by atoms with E-state index in [0.717, 1.165) is 29.9 Å². The van der Waals surface area contributed by atoms with E-state index in [2.05, 4.69) is 5.16 Å². The molecule has 8 nitrogen and oxygen atoms in total. The van der Waals surface area contributed by atoms with Crippen LogP contribution >= 0.6 is 0 Å². The largest absolute Gasteiger partial charge is 0.453 e. The first-order valence-corrected chi connectivity index (χ1v) is 9.19. The summed E-state index contributed by atoms with van der Waals surface area (Å²) in [7, 11) is 0. The predicted molar refractivity (Wildman–Crippen MR) is 93.6 cm³/mol. The molecule has 5 rings (SSSR count). The van der Waals surface area contributed by atoms with E-state index in [9.17, 15) is 9.59 Å². The average molecular weight is 373 g/mol. The summed E-state index contributed by atoms with van der Waals surface area (Å²) in [6, 6.07) is 3.12. The van der Waals surface area contributed by atoms with Crippen molar-refractivity contribution < 1.29 is 23.6 Å². The SMILES string of the molecule is Cc1noc(C)c1CN1C(=O)[C@@H]2CC[C@H]1CN(C(=O)c1ccc(CO)o1)C2. The summed E-state index contributed by atoms with van der Waals surface area (Å²) in [6.45, 7) is 4.79. The van der Waals surface area contributed by atoms with E-state index in [1.54, 1.807) is 17.0 Å². The molecule has 0 radical (unpaired) electrons. The van der Waals surface area contributed by atoms with Crippen molar-refractivity contribution in [1.82, 2.24) is 15.0 Å². The van der Waals surface area contributed by atoms with Crippen molar-refractivity contribution in [3.05, 3.63) is 40.7 Å². The Balaban J connectivity index is 1.56. The normalized spacial score (nSPS) is 22.4. The molecule has 3 aliphatic rings. The van der Waals surface area contributed by atoms with Crippen molar-refractivity contribution in [2.45, 2.75) is 45.9 Å². The molecule has 3 aliphatic heterocycles.